The maximum absolute atomic E-state index is 13.2. The lowest BCUT2D eigenvalue weighted by Gasteiger charge is -2.32. The SMILES string of the molecule is Cc1cc(Nc2nc(N(C)C3CCN(C(=O)c4ccc(C(O)(C(F)(F)F)C(F)(F)F)cc4)C3)nnc2C(N)=O)sn1. The number of alkyl halides is 6. The van der Waals surface area contributed by atoms with Crippen molar-refractivity contribution in [2.45, 2.75) is 37.3 Å². The van der Waals surface area contributed by atoms with E-state index in [1.54, 1.807) is 24.9 Å². The van der Waals surface area contributed by atoms with Gasteiger partial charge in [0.25, 0.3) is 17.4 Å². The Kier molecular flexibility index (Phi) is 7.83. The molecular formula is C23H22F6N8O3S. The number of primary amides is 1. The van der Waals surface area contributed by atoms with Crippen molar-refractivity contribution in [3.05, 3.63) is 52.8 Å². The standard InChI is InChI=1S/C23H22F6N8O3S/c1-11-9-15(41-35-11)31-18-16(17(30)38)33-34-20(32-18)36(2)14-7-8-37(10-14)19(39)12-3-5-13(6-4-12)21(40,22(24,25)26)23(27,28)29/h3-6,9,14,40H,7-8,10H2,1-2H3,(H2,30,38)(H,31,32,34). The third-order valence-corrected chi connectivity index (χ3v) is 7.26. The van der Waals surface area contributed by atoms with Crippen LogP contribution in [0, 0.1) is 6.92 Å². The fourth-order valence-corrected chi connectivity index (χ4v) is 4.85. The van der Waals surface area contributed by atoms with Crippen LogP contribution in [0.5, 0.6) is 0 Å². The normalized spacial score (nSPS) is 16.1. The molecule has 220 valence electrons. The van der Waals surface area contributed by atoms with Crippen molar-refractivity contribution in [1.29, 1.82) is 0 Å². The van der Waals surface area contributed by atoms with Gasteiger partial charge in [0.2, 0.25) is 5.95 Å². The van der Waals surface area contributed by atoms with Gasteiger partial charge < -0.3 is 26.0 Å². The minimum absolute atomic E-state index is 0.0432. The van der Waals surface area contributed by atoms with Crippen molar-refractivity contribution in [3.8, 4) is 0 Å². The summed E-state index contributed by atoms with van der Waals surface area (Å²) in [6.45, 7) is 2.10. The number of aliphatic hydroxyl groups is 1. The Bertz CT molecular complexity index is 1430. The lowest BCUT2D eigenvalue weighted by atomic mass is 9.91. The van der Waals surface area contributed by atoms with Crippen molar-refractivity contribution < 1.29 is 41.0 Å². The van der Waals surface area contributed by atoms with Crippen LogP contribution < -0.4 is 16.0 Å². The first-order valence-corrected chi connectivity index (χ1v) is 12.5. The number of rotatable bonds is 7. The van der Waals surface area contributed by atoms with E-state index in [9.17, 15) is 41.0 Å². The average Bonchev–Trinajstić information content (AvgIpc) is 3.55. The zero-order valence-electron chi connectivity index (χ0n) is 21.3. The van der Waals surface area contributed by atoms with E-state index in [0.717, 1.165) is 29.4 Å². The number of nitrogens with two attached hydrogens (primary N) is 1. The Morgan fingerprint density at radius 3 is 2.29 bits per heavy atom. The number of likely N-dealkylation sites (N-methyl/N-ethyl adjacent to an activating group) is 1. The molecule has 1 atom stereocenters. The first-order chi connectivity index (χ1) is 19.0. The highest BCUT2D eigenvalue weighted by molar-refractivity contribution is 7.10. The molecule has 2 aromatic heterocycles. The van der Waals surface area contributed by atoms with Gasteiger partial charge in [0.05, 0.1) is 11.7 Å². The minimum Gasteiger partial charge on any atom is -0.369 e. The molecule has 41 heavy (non-hydrogen) atoms. The molecule has 0 spiro atoms. The predicted octanol–water partition coefficient (Wildman–Crippen LogP) is 3.14. The lowest BCUT2D eigenvalue weighted by Crippen LogP contribution is -2.53. The van der Waals surface area contributed by atoms with E-state index in [1.807, 2.05) is 0 Å². The average molecular weight is 605 g/mol. The van der Waals surface area contributed by atoms with Gasteiger partial charge in [0.1, 0.15) is 5.00 Å². The Balaban J connectivity index is 1.49. The van der Waals surface area contributed by atoms with Crippen LogP contribution in [0.15, 0.2) is 30.3 Å². The molecule has 0 saturated carbocycles. The van der Waals surface area contributed by atoms with E-state index < -0.39 is 35.3 Å². The fraction of sp³-hybridized carbons (Fsp3) is 0.391. The molecule has 0 radical (unpaired) electrons. The summed E-state index contributed by atoms with van der Waals surface area (Å²) >= 11 is 1.13. The summed E-state index contributed by atoms with van der Waals surface area (Å²) in [6, 6.07) is 3.82. The summed E-state index contributed by atoms with van der Waals surface area (Å²) in [4.78, 5) is 32.1. The zero-order chi connectivity index (χ0) is 30.3. The monoisotopic (exact) mass is 604 g/mol. The fourth-order valence-electron chi connectivity index (χ4n) is 4.19. The van der Waals surface area contributed by atoms with Crippen LogP contribution in [-0.2, 0) is 5.60 Å². The Labute approximate surface area is 232 Å². The lowest BCUT2D eigenvalue weighted by molar-refractivity contribution is -0.376. The molecule has 1 saturated heterocycles. The molecule has 18 heteroatoms. The molecule has 1 aromatic carbocycles. The summed E-state index contributed by atoms with van der Waals surface area (Å²) in [6.07, 6.45) is -11.7. The van der Waals surface area contributed by atoms with Crippen molar-refractivity contribution >= 4 is 40.1 Å². The van der Waals surface area contributed by atoms with Crippen molar-refractivity contribution in [2.75, 3.05) is 30.4 Å². The molecule has 1 aliphatic heterocycles. The third kappa shape index (κ3) is 5.74. The molecule has 1 unspecified atom stereocenters. The molecule has 1 aliphatic rings. The van der Waals surface area contributed by atoms with E-state index in [1.165, 1.54) is 4.90 Å². The number of nitrogens with one attached hydrogen (secondary N) is 1. The summed E-state index contributed by atoms with van der Waals surface area (Å²) < 4.78 is 83.0. The largest absolute Gasteiger partial charge is 0.430 e. The Hall–Kier alpha value is -4.06. The maximum Gasteiger partial charge on any atom is 0.430 e. The van der Waals surface area contributed by atoms with E-state index in [-0.39, 0.29) is 42.2 Å². The number of halogens is 6. The topological polar surface area (TPSA) is 150 Å². The molecule has 4 rings (SSSR count). The smallest absolute Gasteiger partial charge is 0.369 e. The van der Waals surface area contributed by atoms with Crippen LogP contribution in [0.25, 0.3) is 0 Å². The third-order valence-electron chi connectivity index (χ3n) is 6.46. The number of hydrogen-bond donors (Lipinski definition) is 3. The highest BCUT2D eigenvalue weighted by Crippen LogP contribution is 2.50. The van der Waals surface area contributed by atoms with Crippen molar-refractivity contribution in [2.24, 2.45) is 5.73 Å². The van der Waals surface area contributed by atoms with Gasteiger partial charge >= 0.3 is 12.4 Å². The minimum atomic E-state index is -6.04. The molecule has 0 bridgehead atoms. The quantitative estimate of drug-likeness (QED) is 0.346. The van der Waals surface area contributed by atoms with Crippen LogP contribution in [0.1, 0.15) is 38.5 Å². The van der Waals surface area contributed by atoms with Gasteiger partial charge in [0, 0.05) is 31.3 Å². The van der Waals surface area contributed by atoms with Crippen LogP contribution >= 0.6 is 11.5 Å². The summed E-state index contributed by atoms with van der Waals surface area (Å²) in [5.41, 5.74) is -0.803. The number of aromatic nitrogens is 4. The Morgan fingerprint density at radius 1 is 1.12 bits per heavy atom. The van der Waals surface area contributed by atoms with Crippen molar-refractivity contribution in [3.63, 3.8) is 0 Å². The first-order valence-electron chi connectivity index (χ1n) is 11.8. The van der Waals surface area contributed by atoms with Gasteiger partial charge in [-0.2, -0.15) is 35.7 Å². The molecule has 4 N–H and O–H groups in total. The number of carbonyl (C=O) groups is 2. The molecule has 0 aliphatic carbocycles. The van der Waals surface area contributed by atoms with Gasteiger partial charge in [0.15, 0.2) is 11.5 Å². The van der Waals surface area contributed by atoms with E-state index in [2.05, 4.69) is 24.9 Å². The second kappa shape index (κ2) is 10.7. The van der Waals surface area contributed by atoms with Crippen LogP contribution in [0.3, 0.4) is 0 Å². The van der Waals surface area contributed by atoms with Gasteiger partial charge in [-0.3, -0.25) is 9.59 Å². The highest BCUT2D eigenvalue weighted by atomic mass is 32.1. The van der Waals surface area contributed by atoms with Crippen LogP contribution in [0.4, 0.5) is 43.1 Å². The predicted molar refractivity (Wildman–Crippen MR) is 134 cm³/mol. The van der Waals surface area contributed by atoms with Crippen LogP contribution in [0.2, 0.25) is 0 Å². The second-order valence-electron chi connectivity index (χ2n) is 9.22. The van der Waals surface area contributed by atoms with Gasteiger partial charge in [-0.1, -0.05) is 12.1 Å². The van der Waals surface area contributed by atoms with Crippen molar-refractivity contribution in [1.82, 2.24) is 24.5 Å². The number of anilines is 3. The van der Waals surface area contributed by atoms with Gasteiger partial charge in [-0.25, -0.2) is 0 Å². The zero-order valence-corrected chi connectivity index (χ0v) is 22.1. The number of benzene rings is 1. The van der Waals surface area contributed by atoms with Gasteiger partial charge in [-0.05, 0) is 43.1 Å². The number of aryl methyl sites for hydroxylation is 1. The summed E-state index contributed by atoms with van der Waals surface area (Å²) in [5, 5.41) is 20.9. The second-order valence-corrected chi connectivity index (χ2v) is 10.0. The summed E-state index contributed by atoms with van der Waals surface area (Å²) in [5.74, 6) is -1.36. The molecule has 2 amide bonds. The number of likely N-dealkylation sites (tertiary alicyclic amines) is 1. The number of hydrogen-bond acceptors (Lipinski definition) is 10. The highest BCUT2D eigenvalue weighted by Gasteiger charge is 2.71. The van der Waals surface area contributed by atoms with Gasteiger partial charge in [-0.15, -0.1) is 10.2 Å². The van der Waals surface area contributed by atoms with E-state index in [4.69, 9.17) is 5.73 Å². The number of amides is 2. The van der Waals surface area contributed by atoms with E-state index >= 15 is 0 Å². The molecule has 3 heterocycles. The maximum atomic E-state index is 13.2. The number of nitrogens with zero attached hydrogens (tertiary/aromatic N) is 6. The summed E-state index contributed by atoms with van der Waals surface area (Å²) in [7, 11) is 1.63. The van der Waals surface area contributed by atoms with E-state index in [0.29, 0.717) is 23.6 Å². The molecule has 11 nitrogen and oxygen atoms in total. The Morgan fingerprint density at radius 2 is 1.76 bits per heavy atom. The first kappa shape index (κ1) is 29.9. The molecule has 3 aromatic rings. The number of carbonyl (C=O) groups excluding carboxylic acids is 2. The molecule has 1 fully saturated rings. The van der Waals surface area contributed by atoms with Crippen LogP contribution in [-0.4, -0.2) is 79.9 Å². The molecular weight excluding hydrogens is 582 g/mol.